The summed E-state index contributed by atoms with van der Waals surface area (Å²) in [4.78, 5) is 11.1. The van der Waals surface area contributed by atoms with Crippen LogP contribution in [0.2, 0.25) is 0 Å². The molecule has 0 rings (SSSR count). The second-order valence-electron chi connectivity index (χ2n) is 3.71. The Hall–Kier alpha value is -0.690. The fraction of sp³-hybridized carbons (Fsp3) is 0.889. The molecule has 0 aliphatic heterocycles. The molecule has 5 N–H and O–H groups in total. The van der Waals surface area contributed by atoms with E-state index in [1.807, 2.05) is 0 Å². The number of carbonyl (C=O) groups is 1. The van der Waals surface area contributed by atoms with Gasteiger partial charge in [0.2, 0.25) is 0 Å². The van der Waals surface area contributed by atoms with Gasteiger partial charge in [-0.05, 0) is 6.92 Å². The first kappa shape index (κ1) is 14.3. The number of carboxylic acid groups (broad SMARTS) is 1. The average Bonchev–Trinajstić information content (AvgIpc) is 2.21. The molecule has 0 saturated carbocycles. The molecule has 0 saturated heterocycles. The summed E-state index contributed by atoms with van der Waals surface area (Å²) in [7, 11) is 0. The molecule has 0 unspecified atom stereocenters. The number of hydrogen-bond acceptors (Lipinski definition) is 5. The zero-order valence-electron chi connectivity index (χ0n) is 8.63. The van der Waals surface area contributed by atoms with Crippen molar-refractivity contribution < 1.29 is 30.3 Å². The summed E-state index contributed by atoms with van der Waals surface area (Å²) in [6.07, 6.45) is 0. The topological polar surface area (TPSA) is 118 Å². The molecule has 15 heavy (non-hydrogen) atoms. The van der Waals surface area contributed by atoms with E-state index in [1.165, 1.54) is 6.92 Å². The van der Waals surface area contributed by atoms with Gasteiger partial charge >= 0.3 is 5.97 Å². The van der Waals surface area contributed by atoms with Crippen LogP contribution in [0.5, 0.6) is 0 Å². The Bertz CT molecular complexity index is 185. The van der Waals surface area contributed by atoms with Crippen molar-refractivity contribution >= 4 is 5.97 Å². The van der Waals surface area contributed by atoms with Crippen LogP contribution >= 0.6 is 0 Å². The molecule has 0 heterocycles. The summed E-state index contributed by atoms with van der Waals surface area (Å²) >= 11 is 0. The molecule has 0 atom stereocenters. The van der Waals surface area contributed by atoms with Crippen molar-refractivity contribution in [2.45, 2.75) is 6.92 Å². The lowest BCUT2D eigenvalue weighted by Gasteiger charge is -2.37. The smallest absolute Gasteiger partial charge is 0.310 e. The third-order valence-corrected chi connectivity index (χ3v) is 3.04. The van der Waals surface area contributed by atoms with E-state index in [4.69, 9.17) is 25.5 Å². The first-order valence-corrected chi connectivity index (χ1v) is 4.65. The lowest BCUT2D eigenvalue weighted by molar-refractivity contribution is -0.162. The number of aliphatic carboxylic acids is 1. The predicted octanol–water partition coefficient (Wildman–Crippen LogP) is -1.72. The fourth-order valence-corrected chi connectivity index (χ4v) is 1.56. The standard InChI is InChI=1S/C9H18O6/c1-9(8(14)15,6(2-10)3-11)7(4-12)5-13/h6-7,10-13H,2-5H2,1H3,(H,14,15). The Kier molecular flexibility index (Phi) is 5.74. The van der Waals surface area contributed by atoms with Crippen molar-refractivity contribution in [2.75, 3.05) is 26.4 Å². The van der Waals surface area contributed by atoms with Crippen molar-refractivity contribution in [3.8, 4) is 0 Å². The number of aliphatic hydroxyl groups excluding tert-OH is 4. The van der Waals surface area contributed by atoms with Crippen LogP contribution in [0, 0.1) is 17.3 Å². The van der Waals surface area contributed by atoms with Crippen LogP contribution < -0.4 is 0 Å². The van der Waals surface area contributed by atoms with Crippen molar-refractivity contribution in [3.63, 3.8) is 0 Å². The Morgan fingerprint density at radius 2 is 1.27 bits per heavy atom. The zero-order chi connectivity index (χ0) is 12.1. The number of hydrogen-bond donors (Lipinski definition) is 5. The first-order chi connectivity index (χ1) is 6.98. The fourth-order valence-electron chi connectivity index (χ4n) is 1.56. The lowest BCUT2D eigenvalue weighted by Crippen LogP contribution is -2.48. The third kappa shape index (κ3) is 2.66. The van der Waals surface area contributed by atoms with Gasteiger partial charge in [0.15, 0.2) is 0 Å². The van der Waals surface area contributed by atoms with Gasteiger partial charge in [0.25, 0.3) is 0 Å². The number of carboxylic acids is 1. The van der Waals surface area contributed by atoms with Gasteiger partial charge in [0.05, 0.1) is 5.41 Å². The van der Waals surface area contributed by atoms with E-state index in [9.17, 15) is 4.79 Å². The number of aliphatic hydroxyl groups is 4. The van der Waals surface area contributed by atoms with Crippen molar-refractivity contribution in [1.82, 2.24) is 0 Å². The van der Waals surface area contributed by atoms with Gasteiger partial charge in [-0.3, -0.25) is 4.79 Å². The van der Waals surface area contributed by atoms with Crippen LogP contribution in [0.1, 0.15) is 6.92 Å². The number of rotatable bonds is 7. The summed E-state index contributed by atoms with van der Waals surface area (Å²) < 4.78 is 0. The van der Waals surface area contributed by atoms with Crippen molar-refractivity contribution in [3.05, 3.63) is 0 Å². The molecule has 0 aromatic carbocycles. The first-order valence-electron chi connectivity index (χ1n) is 4.65. The largest absolute Gasteiger partial charge is 0.481 e. The molecule has 0 radical (unpaired) electrons. The zero-order valence-corrected chi connectivity index (χ0v) is 8.63. The summed E-state index contributed by atoms with van der Waals surface area (Å²) in [5.74, 6) is -3.10. The van der Waals surface area contributed by atoms with Crippen molar-refractivity contribution in [1.29, 1.82) is 0 Å². The molecule has 0 aliphatic carbocycles. The molecule has 0 bridgehead atoms. The van der Waals surface area contributed by atoms with E-state index in [2.05, 4.69) is 0 Å². The second-order valence-corrected chi connectivity index (χ2v) is 3.71. The van der Waals surface area contributed by atoms with Crippen LogP contribution in [0.4, 0.5) is 0 Å². The normalized spacial score (nSPS) is 12.5. The quantitative estimate of drug-likeness (QED) is 0.349. The van der Waals surface area contributed by atoms with Gasteiger partial charge < -0.3 is 25.5 Å². The summed E-state index contributed by atoms with van der Waals surface area (Å²) in [6, 6.07) is 0. The maximum atomic E-state index is 11.1. The lowest BCUT2D eigenvalue weighted by atomic mass is 9.68. The molecule has 0 aromatic rings. The molecule has 6 heteroatoms. The minimum Gasteiger partial charge on any atom is -0.481 e. The highest BCUT2D eigenvalue weighted by Crippen LogP contribution is 2.35. The molecule has 0 spiro atoms. The third-order valence-electron chi connectivity index (χ3n) is 3.04. The minimum atomic E-state index is -1.55. The van der Waals surface area contributed by atoms with E-state index in [1.54, 1.807) is 0 Å². The van der Waals surface area contributed by atoms with Crippen LogP contribution in [-0.4, -0.2) is 57.9 Å². The Morgan fingerprint density at radius 3 is 1.40 bits per heavy atom. The highest BCUT2D eigenvalue weighted by Gasteiger charge is 2.47. The highest BCUT2D eigenvalue weighted by molar-refractivity contribution is 5.75. The van der Waals surface area contributed by atoms with Crippen LogP contribution in [-0.2, 0) is 4.79 Å². The van der Waals surface area contributed by atoms with Gasteiger partial charge in [0, 0.05) is 38.3 Å². The minimum absolute atomic E-state index is 0.518. The van der Waals surface area contributed by atoms with Gasteiger partial charge in [-0.1, -0.05) is 0 Å². The molecule has 0 amide bonds. The monoisotopic (exact) mass is 222 g/mol. The summed E-state index contributed by atoms with van der Waals surface area (Å²) in [5, 5.41) is 44.9. The van der Waals surface area contributed by atoms with Gasteiger partial charge in [-0.25, -0.2) is 0 Å². The Balaban J connectivity index is 5.10. The van der Waals surface area contributed by atoms with Gasteiger partial charge in [-0.2, -0.15) is 0 Å². The van der Waals surface area contributed by atoms with E-state index < -0.39 is 49.6 Å². The van der Waals surface area contributed by atoms with E-state index in [0.717, 1.165) is 0 Å². The summed E-state index contributed by atoms with van der Waals surface area (Å²) in [5.41, 5.74) is -1.55. The second kappa shape index (κ2) is 6.02. The average molecular weight is 222 g/mol. The van der Waals surface area contributed by atoms with Crippen LogP contribution in [0.25, 0.3) is 0 Å². The van der Waals surface area contributed by atoms with Gasteiger partial charge in [-0.15, -0.1) is 0 Å². The summed E-state index contributed by atoms with van der Waals surface area (Å²) in [6.45, 7) is -0.777. The maximum Gasteiger partial charge on any atom is 0.310 e. The molecule has 0 aliphatic rings. The van der Waals surface area contributed by atoms with Crippen LogP contribution in [0.15, 0.2) is 0 Å². The molecule has 0 fully saturated rings. The Labute approximate surface area is 87.8 Å². The molecule has 0 aromatic heterocycles. The molecule has 6 nitrogen and oxygen atoms in total. The maximum absolute atomic E-state index is 11.1. The van der Waals surface area contributed by atoms with Gasteiger partial charge in [0.1, 0.15) is 0 Å². The van der Waals surface area contributed by atoms with E-state index in [-0.39, 0.29) is 0 Å². The van der Waals surface area contributed by atoms with E-state index >= 15 is 0 Å². The van der Waals surface area contributed by atoms with E-state index in [0.29, 0.717) is 0 Å². The predicted molar refractivity (Wildman–Crippen MR) is 51.1 cm³/mol. The molecular weight excluding hydrogens is 204 g/mol. The SMILES string of the molecule is CC(C(=O)O)(C(CO)CO)C(CO)CO. The highest BCUT2D eigenvalue weighted by atomic mass is 16.4. The van der Waals surface area contributed by atoms with Crippen molar-refractivity contribution in [2.24, 2.45) is 17.3 Å². The van der Waals surface area contributed by atoms with Crippen LogP contribution in [0.3, 0.4) is 0 Å². The molecular formula is C9H18O6. The Morgan fingerprint density at radius 1 is 1.00 bits per heavy atom. The molecule has 90 valence electrons.